The highest BCUT2D eigenvalue weighted by Crippen LogP contribution is 2.53. The van der Waals surface area contributed by atoms with Crippen molar-refractivity contribution in [3.05, 3.63) is 76.9 Å². The van der Waals surface area contributed by atoms with Crippen LogP contribution in [0.5, 0.6) is 0 Å². The highest BCUT2D eigenvalue weighted by atomic mass is 14.4. The maximum absolute atomic E-state index is 8.92. The predicted octanol–water partition coefficient (Wildman–Crippen LogP) is 5.50. The predicted molar refractivity (Wildman–Crippen MR) is 98.5 cm³/mol. The van der Waals surface area contributed by atoms with Crippen LogP contribution in [0.2, 0.25) is 0 Å². The molecule has 0 radical (unpaired) electrons. The molecule has 0 fully saturated rings. The Labute approximate surface area is 144 Å². The van der Waals surface area contributed by atoms with Crippen molar-refractivity contribution in [2.45, 2.75) is 44.9 Å². The van der Waals surface area contributed by atoms with Crippen LogP contribution in [0.4, 0.5) is 0 Å². The number of fused-ring (bicyclic) bond motifs is 2. The zero-order chi connectivity index (χ0) is 16.4. The van der Waals surface area contributed by atoms with E-state index in [0.29, 0.717) is 6.42 Å². The fourth-order valence-electron chi connectivity index (χ4n) is 4.65. The summed E-state index contributed by atoms with van der Waals surface area (Å²) in [5.74, 6) is 0. The largest absolute Gasteiger partial charge is 0.198 e. The van der Waals surface area contributed by atoms with E-state index in [1.54, 1.807) is 0 Å². The molecule has 1 heteroatoms. The van der Waals surface area contributed by atoms with E-state index in [0.717, 1.165) is 12.8 Å². The average molecular weight is 313 g/mol. The van der Waals surface area contributed by atoms with E-state index in [2.05, 4.69) is 60.7 Å². The van der Waals surface area contributed by atoms with Gasteiger partial charge in [0, 0.05) is 11.8 Å². The molecule has 0 N–H and O–H groups in total. The van der Waals surface area contributed by atoms with Gasteiger partial charge in [0.15, 0.2) is 0 Å². The van der Waals surface area contributed by atoms with Crippen molar-refractivity contribution < 1.29 is 0 Å². The van der Waals surface area contributed by atoms with Crippen LogP contribution < -0.4 is 0 Å². The summed E-state index contributed by atoms with van der Waals surface area (Å²) in [7, 11) is 0. The van der Waals surface area contributed by atoms with Crippen molar-refractivity contribution in [3.8, 4) is 6.07 Å². The molecule has 0 saturated carbocycles. The minimum Gasteiger partial charge on any atom is -0.198 e. The number of aryl methyl sites for hydroxylation is 2. The molecule has 120 valence electrons. The van der Waals surface area contributed by atoms with Gasteiger partial charge in [0.1, 0.15) is 0 Å². The Morgan fingerprint density at radius 3 is 2.21 bits per heavy atom. The lowest BCUT2D eigenvalue weighted by molar-refractivity contribution is 0.359. The number of nitriles is 1. The van der Waals surface area contributed by atoms with Crippen LogP contribution >= 0.6 is 0 Å². The zero-order valence-electron chi connectivity index (χ0n) is 14.1. The highest BCUT2D eigenvalue weighted by Gasteiger charge is 2.41. The van der Waals surface area contributed by atoms with Crippen molar-refractivity contribution in [2.75, 3.05) is 0 Å². The molecule has 1 nitrogen and oxygen atoms in total. The van der Waals surface area contributed by atoms with Gasteiger partial charge < -0.3 is 0 Å². The molecule has 0 unspecified atom stereocenters. The fourth-order valence-corrected chi connectivity index (χ4v) is 4.65. The Hall–Kier alpha value is -2.33. The van der Waals surface area contributed by atoms with Gasteiger partial charge in [0.05, 0.1) is 6.07 Å². The van der Waals surface area contributed by atoms with Gasteiger partial charge >= 0.3 is 0 Å². The molecular formula is C23H23N. The highest BCUT2D eigenvalue weighted by molar-refractivity contribution is 5.77. The molecule has 2 aliphatic carbocycles. The molecule has 4 rings (SSSR count). The maximum Gasteiger partial charge on any atom is 0.0625 e. The smallest absolute Gasteiger partial charge is 0.0625 e. The Kier molecular flexibility index (Phi) is 3.98. The van der Waals surface area contributed by atoms with E-state index in [1.165, 1.54) is 53.5 Å². The zero-order valence-corrected chi connectivity index (χ0v) is 14.1. The Morgan fingerprint density at radius 1 is 0.917 bits per heavy atom. The number of benzene rings is 2. The summed E-state index contributed by atoms with van der Waals surface area (Å²) in [6, 6.07) is 20.1. The molecule has 2 aromatic rings. The van der Waals surface area contributed by atoms with Crippen molar-refractivity contribution in [3.63, 3.8) is 0 Å². The summed E-state index contributed by atoms with van der Waals surface area (Å²) in [6.45, 7) is 0. The lowest BCUT2D eigenvalue weighted by atomic mass is 9.73. The van der Waals surface area contributed by atoms with E-state index in [-0.39, 0.29) is 5.41 Å². The van der Waals surface area contributed by atoms with Crippen LogP contribution in [0.1, 0.15) is 47.9 Å². The SMILES string of the molecule is N#CCCC=C1c2ccccc2CC12CCc1ccccc1CC2. The minimum absolute atomic E-state index is 0.262. The number of hydrogen-bond donors (Lipinski definition) is 0. The number of rotatable bonds is 2. The van der Waals surface area contributed by atoms with E-state index >= 15 is 0 Å². The first-order chi connectivity index (χ1) is 11.8. The molecule has 0 atom stereocenters. The molecule has 2 aromatic carbocycles. The quantitative estimate of drug-likeness (QED) is 0.672. The molecule has 2 aliphatic rings. The van der Waals surface area contributed by atoms with E-state index < -0.39 is 0 Å². The van der Waals surface area contributed by atoms with Crippen molar-refractivity contribution in [1.82, 2.24) is 0 Å². The molecular weight excluding hydrogens is 290 g/mol. The molecule has 0 aromatic heterocycles. The average Bonchev–Trinajstić information content (AvgIpc) is 2.80. The molecule has 0 saturated heterocycles. The monoisotopic (exact) mass is 313 g/mol. The van der Waals surface area contributed by atoms with Crippen molar-refractivity contribution in [1.29, 1.82) is 5.26 Å². The Bertz CT molecular complexity index is 795. The Balaban J connectivity index is 1.72. The first-order valence-corrected chi connectivity index (χ1v) is 9.05. The second kappa shape index (κ2) is 6.29. The van der Waals surface area contributed by atoms with E-state index in [4.69, 9.17) is 5.26 Å². The molecule has 0 heterocycles. The summed E-state index contributed by atoms with van der Waals surface area (Å²) < 4.78 is 0. The number of allylic oxidation sites excluding steroid dienone is 2. The topological polar surface area (TPSA) is 23.8 Å². The van der Waals surface area contributed by atoms with Gasteiger partial charge in [-0.15, -0.1) is 0 Å². The number of hydrogen-bond acceptors (Lipinski definition) is 1. The first-order valence-electron chi connectivity index (χ1n) is 9.05. The first kappa shape index (κ1) is 15.2. The van der Waals surface area contributed by atoms with Crippen LogP contribution in [0.3, 0.4) is 0 Å². The third-order valence-corrected chi connectivity index (χ3v) is 5.88. The molecule has 1 spiro atoms. The van der Waals surface area contributed by atoms with Crippen LogP contribution in [-0.4, -0.2) is 0 Å². The van der Waals surface area contributed by atoms with Crippen LogP contribution in [0, 0.1) is 16.7 Å². The lowest BCUT2D eigenvalue weighted by Crippen LogP contribution is -2.21. The van der Waals surface area contributed by atoms with Gasteiger partial charge in [-0.25, -0.2) is 0 Å². The molecule has 0 amide bonds. The summed E-state index contributed by atoms with van der Waals surface area (Å²) in [4.78, 5) is 0. The second-order valence-electron chi connectivity index (χ2n) is 7.20. The third-order valence-electron chi connectivity index (χ3n) is 5.88. The van der Waals surface area contributed by atoms with Gasteiger partial charge in [-0.2, -0.15) is 5.26 Å². The Morgan fingerprint density at radius 2 is 1.54 bits per heavy atom. The van der Waals surface area contributed by atoms with Crippen molar-refractivity contribution in [2.24, 2.45) is 5.41 Å². The van der Waals surface area contributed by atoms with Crippen LogP contribution in [0.15, 0.2) is 54.6 Å². The normalized spacial score (nSPS) is 19.5. The maximum atomic E-state index is 8.92. The van der Waals surface area contributed by atoms with Gasteiger partial charge in [0.25, 0.3) is 0 Å². The number of unbranched alkanes of at least 4 members (excludes halogenated alkanes) is 1. The van der Waals surface area contributed by atoms with E-state index in [9.17, 15) is 0 Å². The second-order valence-corrected chi connectivity index (χ2v) is 7.20. The number of nitrogens with zero attached hydrogens (tertiary/aromatic N) is 1. The minimum atomic E-state index is 0.262. The standard InChI is InChI=1S/C23H23N/c24-16-6-5-11-22-21-10-4-3-9-20(21)17-23(22)14-12-18-7-1-2-8-19(18)13-15-23/h1-4,7-11H,5-6,12-15,17H2. The molecule has 24 heavy (non-hydrogen) atoms. The van der Waals surface area contributed by atoms with Gasteiger partial charge in [-0.3, -0.25) is 0 Å². The van der Waals surface area contributed by atoms with Crippen LogP contribution in [0.25, 0.3) is 5.57 Å². The molecule has 0 aliphatic heterocycles. The van der Waals surface area contributed by atoms with Gasteiger partial charge in [-0.1, -0.05) is 54.6 Å². The summed E-state index contributed by atoms with van der Waals surface area (Å²) in [5.41, 5.74) is 7.76. The summed E-state index contributed by atoms with van der Waals surface area (Å²) >= 11 is 0. The van der Waals surface area contributed by atoms with E-state index in [1.807, 2.05) is 0 Å². The summed E-state index contributed by atoms with van der Waals surface area (Å²) in [5, 5.41) is 8.92. The fraction of sp³-hybridized carbons (Fsp3) is 0.348. The summed E-state index contributed by atoms with van der Waals surface area (Å²) in [6.07, 6.45) is 9.78. The third kappa shape index (κ3) is 2.57. The van der Waals surface area contributed by atoms with Gasteiger partial charge in [0.2, 0.25) is 0 Å². The van der Waals surface area contributed by atoms with Crippen LogP contribution in [-0.2, 0) is 19.3 Å². The van der Waals surface area contributed by atoms with Gasteiger partial charge in [-0.05, 0) is 66.4 Å². The van der Waals surface area contributed by atoms with Crippen molar-refractivity contribution >= 4 is 5.57 Å². The lowest BCUT2D eigenvalue weighted by Gasteiger charge is -2.30. The molecule has 0 bridgehead atoms.